The van der Waals surface area contributed by atoms with E-state index in [0.717, 1.165) is 6.54 Å². The molecule has 1 atom stereocenters. The van der Waals surface area contributed by atoms with Crippen LogP contribution in [-0.4, -0.2) is 0 Å². The number of fused-ring (bicyclic) bond motifs is 1. The molecule has 0 spiro atoms. The highest BCUT2D eigenvalue weighted by Crippen LogP contribution is 2.40. The monoisotopic (exact) mass is 188 g/mol. The molecule has 1 aromatic carbocycles. The van der Waals surface area contributed by atoms with Crippen molar-refractivity contribution in [2.75, 3.05) is 0 Å². The Kier molecular flexibility index (Phi) is 2.14. The van der Waals surface area contributed by atoms with Gasteiger partial charge in [-0.05, 0) is 16.5 Å². The van der Waals surface area contributed by atoms with Crippen LogP contribution in [0.4, 0.5) is 0 Å². The average Bonchev–Trinajstić information content (AvgIpc) is 2.15. The second kappa shape index (κ2) is 3.19. The molecule has 2 heteroatoms. The van der Waals surface area contributed by atoms with Gasteiger partial charge in [-0.1, -0.05) is 45.0 Å². The van der Waals surface area contributed by atoms with Gasteiger partial charge in [0.05, 0.1) is 6.54 Å². The Hall–Kier alpha value is -1.18. The molecule has 0 amide bonds. The van der Waals surface area contributed by atoms with Crippen LogP contribution in [0.5, 0.6) is 0 Å². The van der Waals surface area contributed by atoms with Gasteiger partial charge in [-0.2, -0.15) is 10.2 Å². The highest BCUT2D eigenvalue weighted by Gasteiger charge is 2.29. The molecule has 0 N–H and O–H groups in total. The largest absolute Gasteiger partial charge is 0.189 e. The summed E-state index contributed by atoms with van der Waals surface area (Å²) in [7, 11) is 0. The summed E-state index contributed by atoms with van der Waals surface area (Å²) in [5, 5.41) is 8.56. The average molecular weight is 188 g/mol. The van der Waals surface area contributed by atoms with E-state index in [4.69, 9.17) is 0 Å². The molecule has 0 saturated heterocycles. The topological polar surface area (TPSA) is 24.7 Å². The second-order valence-electron chi connectivity index (χ2n) is 4.88. The summed E-state index contributed by atoms with van der Waals surface area (Å²) in [4.78, 5) is 0. The van der Waals surface area contributed by atoms with E-state index in [-0.39, 0.29) is 11.5 Å². The molecule has 2 nitrogen and oxygen atoms in total. The third-order valence-electron chi connectivity index (χ3n) is 2.61. The lowest BCUT2D eigenvalue weighted by Gasteiger charge is -2.30. The molecule has 0 bridgehead atoms. The number of benzene rings is 1. The molecule has 1 aliphatic heterocycles. The molecule has 0 aromatic heterocycles. The first-order valence-corrected chi connectivity index (χ1v) is 5.03. The lowest BCUT2D eigenvalue weighted by molar-refractivity contribution is 0.309. The zero-order valence-corrected chi connectivity index (χ0v) is 8.99. The summed E-state index contributed by atoms with van der Waals surface area (Å²) in [6.45, 7) is 7.36. The van der Waals surface area contributed by atoms with Crippen molar-refractivity contribution in [1.29, 1.82) is 0 Å². The molecular weight excluding hydrogens is 172 g/mol. The number of hydrogen-bond donors (Lipinski definition) is 0. The summed E-state index contributed by atoms with van der Waals surface area (Å²) in [6, 6.07) is 8.68. The Labute approximate surface area is 85.1 Å². The summed E-state index contributed by atoms with van der Waals surface area (Å²) in [5.41, 5.74) is 2.82. The molecule has 2 rings (SSSR count). The van der Waals surface area contributed by atoms with Crippen molar-refractivity contribution >= 4 is 0 Å². The van der Waals surface area contributed by atoms with Crippen LogP contribution in [0.25, 0.3) is 0 Å². The summed E-state index contributed by atoms with van der Waals surface area (Å²) in [6.07, 6.45) is 0. The minimum atomic E-state index is 0.153. The molecule has 1 aliphatic rings. The van der Waals surface area contributed by atoms with E-state index in [1.807, 2.05) is 0 Å². The van der Waals surface area contributed by atoms with Gasteiger partial charge in [-0.15, -0.1) is 0 Å². The molecule has 14 heavy (non-hydrogen) atoms. The zero-order chi connectivity index (χ0) is 10.2. The van der Waals surface area contributed by atoms with Crippen LogP contribution in [0.15, 0.2) is 34.5 Å². The van der Waals surface area contributed by atoms with Crippen molar-refractivity contribution in [3.8, 4) is 0 Å². The van der Waals surface area contributed by atoms with Crippen LogP contribution in [-0.2, 0) is 6.54 Å². The predicted octanol–water partition coefficient (Wildman–Crippen LogP) is 3.74. The first kappa shape index (κ1) is 9.38. The van der Waals surface area contributed by atoms with Gasteiger partial charge < -0.3 is 0 Å². The van der Waals surface area contributed by atoms with E-state index in [9.17, 15) is 0 Å². The minimum Gasteiger partial charge on any atom is -0.189 e. The van der Waals surface area contributed by atoms with E-state index in [1.165, 1.54) is 11.1 Å². The first-order valence-electron chi connectivity index (χ1n) is 5.03. The first-order chi connectivity index (χ1) is 6.59. The third kappa shape index (κ3) is 1.57. The van der Waals surface area contributed by atoms with E-state index in [2.05, 4.69) is 55.3 Å². The lowest BCUT2D eigenvalue weighted by atomic mass is 9.81. The predicted molar refractivity (Wildman–Crippen MR) is 57.2 cm³/mol. The van der Waals surface area contributed by atoms with E-state index in [0.29, 0.717) is 0 Å². The van der Waals surface area contributed by atoms with Crippen molar-refractivity contribution < 1.29 is 0 Å². The van der Waals surface area contributed by atoms with Gasteiger partial charge >= 0.3 is 0 Å². The molecule has 1 aromatic rings. The smallest absolute Gasteiger partial charge is 0.101 e. The maximum atomic E-state index is 4.37. The van der Waals surface area contributed by atoms with Crippen molar-refractivity contribution in [2.45, 2.75) is 33.4 Å². The molecule has 1 unspecified atom stereocenters. The van der Waals surface area contributed by atoms with Gasteiger partial charge in [-0.3, -0.25) is 0 Å². The van der Waals surface area contributed by atoms with E-state index in [1.54, 1.807) is 0 Å². The fraction of sp³-hybridized carbons (Fsp3) is 0.500. The van der Waals surface area contributed by atoms with Crippen molar-refractivity contribution in [1.82, 2.24) is 0 Å². The van der Waals surface area contributed by atoms with Crippen LogP contribution in [0, 0.1) is 5.41 Å². The Bertz CT molecular complexity index is 361. The van der Waals surface area contributed by atoms with E-state index < -0.39 is 0 Å². The van der Waals surface area contributed by atoms with Gasteiger partial charge in [-0.25, -0.2) is 0 Å². The van der Waals surface area contributed by atoms with Crippen LogP contribution < -0.4 is 0 Å². The third-order valence-corrected chi connectivity index (χ3v) is 2.61. The molecular formula is C12H16N2. The summed E-state index contributed by atoms with van der Waals surface area (Å²) < 4.78 is 0. The van der Waals surface area contributed by atoms with Gasteiger partial charge in [0.25, 0.3) is 0 Å². The fourth-order valence-electron chi connectivity index (χ4n) is 1.85. The molecule has 0 saturated carbocycles. The number of azo groups is 1. The molecule has 74 valence electrons. The Balaban J connectivity index is 2.46. The molecule has 0 radical (unpaired) electrons. The summed E-state index contributed by atoms with van der Waals surface area (Å²) in [5.74, 6) is 0. The van der Waals surface area contributed by atoms with Gasteiger partial charge in [0.2, 0.25) is 0 Å². The lowest BCUT2D eigenvalue weighted by Crippen LogP contribution is -2.19. The Morgan fingerprint density at radius 2 is 1.93 bits per heavy atom. The normalized spacial score (nSPS) is 20.6. The van der Waals surface area contributed by atoms with Crippen LogP contribution in [0.3, 0.4) is 0 Å². The zero-order valence-electron chi connectivity index (χ0n) is 8.99. The Morgan fingerprint density at radius 3 is 2.64 bits per heavy atom. The highest BCUT2D eigenvalue weighted by atomic mass is 15.1. The van der Waals surface area contributed by atoms with Crippen molar-refractivity contribution in [2.24, 2.45) is 15.6 Å². The fourth-order valence-corrected chi connectivity index (χ4v) is 1.85. The maximum Gasteiger partial charge on any atom is 0.101 e. The number of rotatable bonds is 0. The van der Waals surface area contributed by atoms with Crippen LogP contribution in [0.2, 0.25) is 0 Å². The van der Waals surface area contributed by atoms with Crippen LogP contribution in [0.1, 0.15) is 37.9 Å². The SMILES string of the molecule is CC(C)(C)C1N=NCc2ccccc21. The minimum absolute atomic E-state index is 0.153. The standard InChI is InChI=1S/C12H16N2/c1-12(2,3)11-10-7-5-4-6-9(10)8-13-14-11/h4-7,11H,8H2,1-3H3. The van der Waals surface area contributed by atoms with Gasteiger partial charge in [0.1, 0.15) is 6.04 Å². The van der Waals surface area contributed by atoms with Gasteiger partial charge in [0, 0.05) is 0 Å². The summed E-state index contributed by atoms with van der Waals surface area (Å²) >= 11 is 0. The quantitative estimate of drug-likeness (QED) is 0.592. The van der Waals surface area contributed by atoms with Crippen LogP contribution >= 0.6 is 0 Å². The number of nitrogens with zero attached hydrogens (tertiary/aromatic N) is 2. The second-order valence-corrected chi connectivity index (χ2v) is 4.88. The molecule has 0 fully saturated rings. The van der Waals surface area contributed by atoms with Gasteiger partial charge in [0.15, 0.2) is 0 Å². The van der Waals surface area contributed by atoms with Crippen molar-refractivity contribution in [3.05, 3.63) is 35.4 Å². The molecule has 1 heterocycles. The van der Waals surface area contributed by atoms with E-state index >= 15 is 0 Å². The number of hydrogen-bond acceptors (Lipinski definition) is 2. The Morgan fingerprint density at radius 1 is 1.21 bits per heavy atom. The maximum absolute atomic E-state index is 4.37. The highest BCUT2D eigenvalue weighted by molar-refractivity contribution is 5.32. The van der Waals surface area contributed by atoms with Crippen molar-refractivity contribution in [3.63, 3.8) is 0 Å². The molecule has 0 aliphatic carbocycles.